The number of amides is 1. The first-order valence-electron chi connectivity index (χ1n) is 19.6. The Morgan fingerprint density at radius 3 is 2.32 bits per heavy atom. The summed E-state index contributed by atoms with van der Waals surface area (Å²) in [6.07, 6.45) is 5.55. The van der Waals surface area contributed by atoms with Crippen LogP contribution < -0.4 is 19.1 Å². The lowest BCUT2D eigenvalue weighted by molar-refractivity contribution is -0.136. The first-order valence-corrected chi connectivity index (χ1v) is 20.4. The Hall–Kier alpha value is -6.61. The van der Waals surface area contributed by atoms with E-state index in [4.69, 9.17) is 38.6 Å². The average Bonchev–Trinajstić information content (AvgIpc) is 3.94. The molecule has 0 aliphatic carbocycles. The summed E-state index contributed by atoms with van der Waals surface area (Å²) in [7, 11) is 1.58. The Morgan fingerprint density at radius 2 is 1.62 bits per heavy atom. The highest BCUT2D eigenvalue weighted by atomic mass is 32.1. The van der Waals surface area contributed by atoms with Crippen molar-refractivity contribution in [2.75, 3.05) is 38.2 Å². The third-order valence-electron chi connectivity index (χ3n) is 9.59. The van der Waals surface area contributed by atoms with E-state index in [-0.39, 0.29) is 25.7 Å². The maximum Gasteiger partial charge on any atom is 0.410 e. The number of ether oxygens (including phenoxy) is 4. The third kappa shape index (κ3) is 10.3. The fourth-order valence-electron chi connectivity index (χ4n) is 6.41. The highest BCUT2D eigenvalue weighted by Crippen LogP contribution is 2.32. The number of hydrogen-bond acceptors (Lipinski definition) is 12. The van der Waals surface area contributed by atoms with Crippen LogP contribution in [0, 0.1) is 13.8 Å². The number of methoxy groups -OCH3 is 1. The predicted octanol–water partition coefficient (Wildman–Crippen LogP) is 8.62. The minimum atomic E-state index is -0.887. The van der Waals surface area contributed by atoms with Crippen LogP contribution in [0.4, 0.5) is 9.93 Å². The Kier molecular flexibility index (Phi) is 12.5. The Morgan fingerprint density at radius 1 is 0.883 bits per heavy atom. The summed E-state index contributed by atoms with van der Waals surface area (Å²) in [5, 5.41) is 14.8. The van der Waals surface area contributed by atoms with Gasteiger partial charge in [0, 0.05) is 42.8 Å². The van der Waals surface area contributed by atoms with Crippen molar-refractivity contribution in [1.29, 1.82) is 0 Å². The van der Waals surface area contributed by atoms with E-state index in [1.165, 1.54) is 0 Å². The van der Waals surface area contributed by atoms with Crippen molar-refractivity contribution in [3.63, 3.8) is 0 Å². The van der Waals surface area contributed by atoms with E-state index in [0.717, 1.165) is 38.1 Å². The van der Waals surface area contributed by atoms with Gasteiger partial charge in [0.2, 0.25) is 11.8 Å². The number of aryl methyl sites for hydroxylation is 2. The Labute approximate surface area is 352 Å². The smallest absolute Gasteiger partial charge is 0.410 e. The van der Waals surface area contributed by atoms with E-state index in [9.17, 15) is 9.59 Å². The van der Waals surface area contributed by atoms with E-state index in [1.807, 2.05) is 94.6 Å². The van der Waals surface area contributed by atoms with Crippen LogP contribution in [0.15, 0.2) is 83.4 Å². The molecule has 1 saturated heterocycles. The number of piperazine rings is 1. The number of anilines is 1. The molecule has 1 N–H and O–H groups in total. The Bertz CT molecular complexity index is 2460. The molecule has 15 heteroatoms. The van der Waals surface area contributed by atoms with Gasteiger partial charge in [-0.2, -0.15) is 0 Å². The van der Waals surface area contributed by atoms with Crippen LogP contribution in [-0.2, 0) is 29.2 Å². The Balaban J connectivity index is 1.01. The molecule has 1 aliphatic rings. The molecule has 0 radical (unpaired) electrons. The quantitative estimate of drug-likeness (QED) is 0.112. The fourth-order valence-corrected chi connectivity index (χ4v) is 7.36. The summed E-state index contributed by atoms with van der Waals surface area (Å²) in [6, 6.07) is 22.5. The highest BCUT2D eigenvalue weighted by molar-refractivity contribution is 7.15. The van der Waals surface area contributed by atoms with E-state index in [2.05, 4.69) is 16.8 Å². The number of hydrogen-bond donors (Lipinski definition) is 1. The molecule has 14 nitrogen and oxygen atoms in total. The summed E-state index contributed by atoms with van der Waals surface area (Å²) in [4.78, 5) is 38.3. The van der Waals surface area contributed by atoms with Crippen LogP contribution in [0.3, 0.4) is 0 Å². The predicted molar refractivity (Wildman–Crippen MR) is 229 cm³/mol. The second-order valence-electron chi connectivity index (χ2n) is 15.2. The summed E-state index contributed by atoms with van der Waals surface area (Å²) >= 11 is 1.63. The lowest BCUT2D eigenvalue weighted by atomic mass is 10.1. The number of carboxylic acids is 1. The molecule has 6 aromatic rings. The van der Waals surface area contributed by atoms with Gasteiger partial charge in [0.15, 0.2) is 16.6 Å². The van der Waals surface area contributed by atoms with E-state index >= 15 is 0 Å². The first kappa shape index (κ1) is 41.5. The van der Waals surface area contributed by atoms with Gasteiger partial charge in [-0.15, -0.1) is 16.4 Å². The molecule has 0 spiro atoms. The minimum Gasteiger partial charge on any atom is -0.493 e. The third-order valence-corrected chi connectivity index (χ3v) is 10.6. The van der Waals surface area contributed by atoms with Crippen molar-refractivity contribution in [3.8, 4) is 34.5 Å². The van der Waals surface area contributed by atoms with Crippen LogP contribution in [0.5, 0.6) is 17.4 Å². The topological polar surface area (TPSA) is 155 Å². The zero-order chi connectivity index (χ0) is 42.4. The van der Waals surface area contributed by atoms with Crippen molar-refractivity contribution in [2.45, 2.75) is 59.9 Å². The number of carbonyl (C=O) groups is 2. The molecule has 4 heterocycles. The maximum absolute atomic E-state index is 12.6. The van der Waals surface area contributed by atoms with E-state index < -0.39 is 11.6 Å². The molecule has 0 saturated carbocycles. The normalized spacial score (nSPS) is 13.2. The molecule has 7 rings (SSSR count). The molecule has 3 aromatic heterocycles. The number of aromatic nitrogens is 4. The standard InChI is InChI=1S/C45H48N6O8S/c1-29-37(46-41(58-29)33-15-12-31(13-16-33)25-40(52)53)28-56-38-19-14-32(24-39(38)55-6)27-57-42-34(26-51(48-42)35-10-8-7-9-11-35)17-18-36-30(2)60-43(47-36)49-20-22-50(23-21-49)44(54)59-45(3,4)5/h7-19,24,26H,20-23,25,27-28H2,1-6H3,(H,52,53). The molecule has 1 aliphatic heterocycles. The van der Waals surface area contributed by atoms with Gasteiger partial charge in [-0.1, -0.05) is 36.4 Å². The van der Waals surface area contributed by atoms with Crippen molar-refractivity contribution in [1.82, 2.24) is 24.6 Å². The molecule has 1 amide bonds. The van der Waals surface area contributed by atoms with Gasteiger partial charge in [-0.05, 0) is 94.3 Å². The van der Waals surface area contributed by atoms with Crippen LogP contribution in [-0.4, -0.2) is 80.7 Å². The van der Waals surface area contributed by atoms with Crippen LogP contribution in [0.25, 0.3) is 29.3 Å². The number of benzene rings is 3. The van der Waals surface area contributed by atoms with Crippen molar-refractivity contribution >= 4 is 40.7 Å². The zero-order valence-electron chi connectivity index (χ0n) is 34.5. The number of oxazole rings is 1. The van der Waals surface area contributed by atoms with Crippen molar-refractivity contribution < 1.29 is 38.1 Å². The van der Waals surface area contributed by atoms with Gasteiger partial charge in [-0.3, -0.25) is 4.79 Å². The monoisotopic (exact) mass is 832 g/mol. The molecule has 0 bridgehead atoms. The van der Waals surface area contributed by atoms with Crippen LogP contribution in [0.2, 0.25) is 0 Å². The molecule has 3 aromatic carbocycles. The van der Waals surface area contributed by atoms with Gasteiger partial charge >= 0.3 is 12.1 Å². The van der Waals surface area contributed by atoms with Crippen LogP contribution in [0.1, 0.15) is 59.5 Å². The van der Waals surface area contributed by atoms with Gasteiger partial charge in [0.05, 0.1) is 30.5 Å². The van der Waals surface area contributed by atoms with Gasteiger partial charge in [-0.25, -0.2) is 19.4 Å². The SMILES string of the molecule is COc1cc(COc2nn(-c3ccccc3)cc2C=Cc2nc(N3CCN(C(=O)OC(C)(C)C)CC3)sc2C)ccc1OCc1nc(-c2ccc(CC(=O)O)cc2)oc1C. The minimum absolute atomic E-state index is 0.0516. The number of thiazole rings is 1. The number of carbonyl (C=O) groups excluding carboxylic acids is 1. The van der Waals surface area contributed by atoms with Crippen LogP contribution >= 0.6 is 11.3 Å². The summed E-state index contributed by atoms with van der Waals surface area (Å²) < 4.78 is 31.5. The van der Waals surface area contributed by atoms with Gasteiger partial charge in [0.25, 0.3) is 0 Å². The molecular formula is C45H48N6O8S. The second kappa shape index (κ2) is 18.1. The molecule has 60 heavy (non-hydrogen) atoms. The second-order valence-corrected chi connectivity index (χ2v) is 16.4. The molecule has 1 fully saturated rings. The lowest BCUT2D eigenvalue weighted by Crippen LogP contribution is -2.50. The summed E-state index contributed by atoms with van der Waals surface area (Å²) in [6.45, 7) is 12.4. The highest BCUT2D eigenvalue weighted by Gasteiger charge is 2.27. The van der Waals surface area contributed by atoms with Crippen molar-refractivity contribution in [3.05, 3.63) is 118 Å². The zero-order valence-corrected chi connectivity index (χ0v) is 35.3. The van der Waals surface area contributed by atoms with Crippen molar-refractivity contribution in [2.24, 2.45) is 0 Å². The summed E-state index contributed by atoms with van der Waals surface area (Å²) in [5.41, 5.74) is 4.91. The summed E-state index contributed by atoms with van der Waals surface area (Å²) in [5.74, 6) is 1.67. The average molecular weight is 833 g/mol. The molecule has 312 valence electrons. The number of carboxylic acid groups (broad SMARTS) is 1. The van der Waals surface area contributed by atoms with Gasteiger partial charge < -0.3 is 38.3 Å². The largest absolute Gasteiger partial charge is 0.493 e. The maximum atomic E-state index is 12.6. The van der Waals surface area contributed by atoms with E-state index in [1.54, 1.807) is 52.3 Å². The fraction of sp³-hybridized carbons (Fsp3) is 0.311. The number of rotatable bonds is 14. The molecular weight excluding hydrogens is 785 g/mol. The number of para-hydroxylation sites is 1. The van der Waals surface area contributed by atoms with Gasteiger partial charge in [0.1, 0.15) is 30.3 Å². The van der Waals surface area contributed by atoms with E-state index in [0.29, 0.717) is 66.5 Å². The first-order chi connectivity index (χ1) is 28.8. The molecule has 0 unspecified atom stereocenters. The number of aliphatic carboxylic acids is 1. The lowest BCUT2D eigenvalue weighted by Gasteiger charge is -2.35. The molecule has 0 atom stereocenters. The number of nitrogens with zero attached hydrogens (tertiary/aromatic N) is 6.